The molecular formula is C33H49N7O7. The van der Waals surface area contributed by atoms with Crippen molar-refractivity contribution in [1.82, 2.24) is 21.3 Å². The van der Waals surface area contributed by atoms with Gasteiger partial charge in [0.05, 0.1) is 18.8 Å². The smallest absolute Gasteiger partial charge is 0.244 e. The highest BCUT2D eigenvalue weighted by molar-refractivity contribution is 5.95. The second kappa shape index (κ2) is 18.9. The average Bonchev–Trinajstić information content (AvgIpc) is 3.24. The predicted molar refractivity (Wildman–Crippen MR) is 177 cm³/mol. The van der Waals surface area contributed by atoms with Gasteiger partial charge in [-0.05, 0) is 92.1 Å². The Hall–Kier alpha value is -4.08. The summed E-state index contributed by atoms with van der Waals surface area (Å²) in [6, 6.07) is 0.357. The van der Waals surface area contributed by atoms with E-state index in [2.05, 4.69) is 21.3 Å². The Morgan fingerprint density at radius 3 is 2.53 bits per heavy atom. The van der Waals surface area contributed by atoms with E-state index in [1.807, 2.05) is 0 Å². The molecule has 1 aromatic carbocycles. The lowest BCUT2D eigenvalue weighted by atomic mass is 9.95. The van der Waals surface area contributed by atoms with Crippen molar-refractivity contribution in [2.75, 3.05) is 26.2 Å². The summed E-state index contributed by atoms with van der Waals surface area (Å²) in [6.45, 7) is 0.430. The number of unbranched alkanes of at least 4 members (excludes halogenated alkanes) is 2. The van der Waals surface area contributed by atoms with E-state index in [1.165, 1.54) is 12.1 Å². The van der Waals surface area contributed by atoms with Gasteiger partial charge in [-0.25, -0.2) is 0 Å². The average molecular weight is 656 g/mol. The van der Waals surface area contributed by atoms with Gasteiger partial charge in [0.2, 0.25) is 23.6 Å². The number of rotatable bonds is 12. The summed E-state index contributed by atoms with van der Waals surface area (Å²) < 4.78 is 0. The molecule has 1 aromatic rings. The van der Waals surface area contributed by atoms with Gasteiger partial charge in [0.15, 0.2) is 0 Å². The number of phenols is 1. The molecule has 5 atom stereocenters. The molecule has 0 saturated heterocycles. The number of allylic oxidation sites excluding steroid dienone is 3. The third kappa shape index (κ3) is 11.6. The zero-order chi connectivity index (χ0) is 34.3. The molecule has 14 nitrogen and oxygen atoms in total. The van der Waals surface area contributed by atoms with Crippen molar-refractivity contribution >= 4 is 29.2 Å². The zero-order valence-corrected chi connectivity index (χ0v) is 26.6. The van der Waals surface area contributed by atoms with E-state index in [0.29, 0.717) is 48.2 Å². The van der Waals surface area contributed by atoms with Crippen LogP contribution in [0.25, 0.3) is 5.57 Å². The minimum Gasteiger partial charge on any atom is -0.508 e. The van der Waals surface area contributed by atoms with Gasteiger partial charge in [0.1, 0.15) is 23.9 Å². The Bertz CT molecular complexity index is 1350. The fourth-order valence-electron chi connectivity index (χ4n) is 5.32. The fourth-order valence-corrected chi connectivity index (χ4v) is 5.32. The number of fused-ring (bicyclic) bond motifs is 4. The molecule has 1 aliphatic heterocycles. The highest BCUT2D eigenvalue weighted by Gasteiger charge is 2.31. The van der Waals surface area contributed by atoms with Crippen LogP contribution in [0.5, 0.6) is 5.75 Å². The van der Waals surface area contributed by atoms with E-state index >= 15 is 0 Å². The van der Waals surface area contributed by atoms with Crippen molar-refractivity contribution in [3.05, 3.63) is 59.2 Å². The molecule has 4 bridgehead atoms. The summed E-state index contributed by atoms with van der Waals surface area (Å²) in [4.78, 5) is 53.2. The van der Waals surface area contributed by atoms with Crippen molar-refractivity contribution in [2.45, 2.75) is 81.6 Å². The SMILES string of the molecule is NCCCCCNC(=O)[C@H](CO)NC(=O)C1CC2=CC(O)C=CC(=C2)c2ccc(O)c(c2)CCC(N)C(=O)N[C@@H](CCCN)C(=O)N1. The van der Waals surface area contributed by atoms with Gasteiger partial charge in [-0.2, -0.15) is 0 Å². The number of aliphatic hydroxyl groups excluding tert-OH is 2. The molecular weight excluding hydrogens is 606 g/mol. The quantitative estimate of drug-likeness (QED) is 0.119. The van der Waals surface area contributed by atoms with Gasteiger partial charge in [-0.15, -0.1) is 0 Å². The van der Waals surface area contributed by atoms with Gasteiger partial charge < -0.3 is 53.8 Å². The molecule has 3 unspecified atom stereocenters. The van der Waals surface area contributed by atoms with E-state index in [-0.39, 0.29) is 38.0 Å². The molecule has 0 fully saturated rings. The van der Waals surface area contributed by atoms with E-state index in [4.69, 9.17) is 17.2 Å². The van der Waals surface area contributed by atoms with E-state index < -0.39 is 60.5 Å². The molecule has 1 heterocycles. The van der Waals surface area contributed by atoms with Crippen molar-refractivity contribution in [2.24, 2.45) is 17.2 Å². The van der Waals surface area contributed by atoms with Crippen LogP contribution in [0.15, 0.2) is 48.1 Å². The van der Waals surface area contributed by atoms with Crippen LogP contribution in [-0.2, 0) is 25.6 Å². The number of phenolic OH excluding ortho intramolecular Hbond substituents is 1. The molecule has 258 valence electrons. The second-order valence-corrected chi connectivity index (χ2v) is 11.8. The van der Waals surface area contributed by atoms with Crippen molar-refractivity contribution in [3.8, 4) is 5.75 Å². The maximum Gasteiger partial charge on any atom is 0.244 e. The topological polar surface area (TPSA) is 255 Å². The Morgan fingerprint density at radius 2 is 1.81 bits per heavy atom. The number of hydrogen-bond acceptors (Lipinski definition) is 10. The number of benzene rings is 1. The molecule has 47 heavy (non-hydrogen) atoms. The minimum absolute atomic E-state index is 0.0337. The number of aryl methyl sites for hydroxylation is 1. The van der Waals surface area contributed by atoms with E-state index in [0.717, 1.165) is 12.8 Å². The first-order valence-corrected chi connectivity index (χ1v) is 16.1. The Labute approximate surface area is 274 Å². The van der Waals surface area contributed by atoms with E-state index in [9.17, 15) is 34.5 Å². The largest absolute Gasteiger partial charge is 0.508 e. The molecule has 3 rings (SSSR count). The van der Waals surface area contributed by atoms with Crippen LogP contribution in [0.2, 0.25) is 0 Å². The van der Waals surface area contributed by atoms with Crippen LogP contribution in [0, 0.1) is 0 Å². The van der Waals surface area contributed by atoms with Gasteiger partial charge in [-0.1, -0.05) is 30.7 Å². The molecule has 14 heteroatoms. The lowest BCUT2D eigenvalue weighted by molar-refractivity contribution is -0.134. The van der Waals surface area contributed by atoms with Crippen molar-refractivity contribution < 1.29 is 34.5 Å². The van der Waals surface area contributed by atoms with Crippen LogP contribution in [0.3, 0.4) is 0 Å². The van der Waals surface area contributed by atoms with Crippen LogP contribution < -0.4 is 38.5 Å². The number of amides is 4. The standard InChI is InChI=1S/C33H49N7O7/c34-12-2-1-3-14-37-31(45)28(19-41)40-33(47)27-17-20-15-21(6-9-24(42)16-20)22-8-11-29(43)23(18-22)7-10-25(36)30(44)38-26(5-4-13-35)32(46)39-27/h6,8-9,11,15-16,18,24-28,41-43H,1-5,7,10,12-14,17,19,34-36H2,(H,37,45)(H,38,44)(H,39,46)(H,40,47)/t24?,25?,26-,27?,28-/m0/s1. The summed E-state index contributed by atoms with van der Waals surface area (Å²) >= 11 is 0. The number of aliphatic hydroxyl groups is 2. The summed E-state index contributed by atoms with van der Waals surface area (Å²) in [5.74, 6) is -2.57. The lowest BCUT2D eigenvalue weighted by Crippen LogP contribution is -2.58. The van der Waals surface area contributed by atoms with Crippen LogP contribution in [-0.4, -0.2) is 95.5 Å². The third-order valence-corrected chi connectivity index (χ3v) is 8.07. The van der Waals surface area contributed by atoms with Gasteiger partial charge >= 0.3 is 0 Å². The molecule has 0 aromatic heterocycles. The van der Waals surface area contributed by atoms with Crippen LogP contribution in [0.4, 0.5) is 0 Å². The monoisotopic (exact) mass is 655 g/mol. The fraction of sp³-hybridized carbons (Fsp3) is 0.515. The minimum atomic E-state index is -1.29. The summed E-state index contributed by atoms with van der Waals surface area (Å²) in [6.07, 6.45) is 8.75. The maximum atomic E-state index is 13.7. The summed E-state index contributed by atoms with van der Waals surface area (Å²) in [7, 11) is 0. The number of nitrogens with two attached hydrogens (primary N) is 3. The highest BCUT2D eigenvalue weighted by atomic mass is 16.3. The zero-order valence-electron chi connectivity index (χ0n) is 26.6. The lowest BCUT2D eigenvalue weighted by Gasteiger charge is -2.26. The first kappa shape index (κ1) is 37.4. The number of hydrogen-bond donors (Lipinski definition) is 10. The molecule has 0 saturated carbocycles. The number of carbonyl (C=O) groups is 4. The Kier molecular flexibility index (Phi) is 15.0. The molecule has 13 N–H and O–H groups in total. The number of carbonyl (C=O) groups excluding carboxylic acids is 4. The van der Waals surface area contributed by atoms with Crippen molar-refractivity contribution in [1.29, 1.82) is 0 Å². The van der Waals surface area contributed by atoms with Gasteiger partial charge in [0, 0.05) is 13.0 Å². The summed E-state index contributed by atoms with van der Waals surface area (Å²) in [5, 5.41) is 41.7. The van der Waals surface area contributed by atoms with Gasteiger partial charge in [-0.3, -0.25) is 19.2 Å². The van der Waals surface area contributed by atoms with Gasteiger partial charge in [0.25, 0.3) is 0 Å². The number of aromatic hydroxyl groups is 1. The molecule has 1 aliphatic carbocycles. The summed E-state index contributed by atoms with van der Waals surface area (Å²) in [5.41, 5.74) is 19.8. The first-order chi connectivity index (χ1) is 22.6. The predicted octanol–water partition coefficient (Wildman–Crippen LogP) is -1.27. The molecule has 0 spiro atoms. The number of nitrogens with one attached hydrogen (secondary N) is 4. The maximum absolute atomic E-state index is 13.7. The van der Waals surface area contributed by atoms with E-state index in [1.54, 1.807) is 30.4 Å². The Balaban J connectivity index is 1.98. The van der Waals surface area contributed by atoms with Crippen LogP contribution >= 0.6 is 0 Å². The third-order valence-electron chi connectivity index (χ3n) is 8.07. The Morgan fingerprint density at radius 1 is 1.04 bits per heavy atom. The van der Waals surface area contributed by atoms with Crippen molar-refractivity contribution in [3.63, 3.8) is 0 Å². The molecule has 4 amide bonds. The second-order valence-electron chi connectivity index (χ2n) is 11.8. The van der Waals surface area contributed by atoms with Crippen LogP contribution in [0.1, 0.15) is 56.1 Å². The highest BCUT2D eigenvalue weighted by Crippen LogP contribution is 2.29. The normalized spacial score (nSPS) is 22.6. The molecule has 0 radical (unpaired) electrons. The molecule has 2 aliphatic rings. The first-order valence-electron chi connectivity index (χ1n) is 16.1.